The topological polar surface area (TPSA) is 257 Å². The second kappa shape index (κ2) is 35.1. The molecule has 8 N–H and O–H groups in total. The summed E-state index contributed by atoms with van der Waals surface area (Å²) in [6.45, 7) is 25.9. The molecule has 19 atom stereocenters. The molecule has 17 heteroatoms. The Morgan fingerprint density at radius 3 is 1.46 bits per heavy atom. The normalized spacial score (nSPS) is 35.9. The molecule has 0 saturated heterocycles. The number of allylic oxidation sites excluding steroid dienone is 1. The molecule has 0 aliphatic heterocycles. The number of hydrogen-bond donors (Lipinski definition) is 6. The average Bonchev–Trinajstić information content (AvgIpc) is 1.71. The van der Waals surface area contributed by atoms with Crippen LogP contribution in [-0.4, -0.2) is 96.6 Å². The Hall–Kier alpha value is -3.23. The van der Waals surface area contributed by atoms with E-state index >= 15 is 0 Å². The summed E-state index contributed by atoms with van der Waals surface area (Å²) < 4.78 is 11.6. The van der Waals surface area contributed by atoms with E-state index < -0.39 is 24.1 Å². The summed E-state index contributed by atoms with van der Waals surface area (Å²) in [4.78, 5) is 69.3. The van der Waals surface area contributed by atoms with Gasteiger partial charge in [0.1, 0.15) is 12.2 Å². The number of aliphatic carboxylic acids is 2. The maximum atomic E-state index is 12.5. The molecule has 8 fully saturated rings. The van der Waals surface area contributed by atoms with Crippen molar-refractivity contribution in [2.45, 2.75) is 293 Å². The van der Waals surface area contributed by atoms with E-state index in [0.29, 0.717) is 22.2 Å². The fourth-order valence-electron chi connectivity index (χ4n) is 21.0. The molecule has 0 aromatic carbocycles. The van der Waals surface area contributed by atoms with Crippen molar-refractivity contribution in [1.82, 2.24) is 21.3 Å². The van der Waals surface area contributed by atoms with Crippen molar-refractivity contribution in [3.05, 3.63) is 23.1 Å². The van der Waals surface area contributed by atoms with E-state index in [1.165, 1.54) is 128 Å². The molecular formula is C74H126N6O10Pt. The third-order valence-electron chi connectivity index (χ3n) is 26.0. The van der Waals surface area contributed by atoms with Crippen molar-refractivity contribution in [2.75, 3.05) is 26.2 Å². The molecule has 0 aromatic heterocycles. The van der Waals surface area contributed by atoms with Crippen molar-refractivity contribution in [1.29, 1.82) is 0 Å². The zero-order chi connectivity index (χ0) is 65.6. The molecule has 0 aromatic rings. The zero-order valence-corrected chi connectivity index (χ0v) is 60.4. The van der Waals surface area contributed by atoms with Gasteiger partial charge in [-0.25, -0.2) is 9.59 Å². The summed E-state index contributed by atoms with van der Waals surface area (Å²) in [6.07, 6.45) is 34.4. The van der Waals surface area contributed by atoms with Gasteiger partial charge in [-0.1, -0.05) is 145 Å². The van der Waals surface area contributed by atoms with Gasteiger partial charge in [-0.15, -0.1) is 0 Å². The van der Waals surface area contributed by atoms with Gasteiger partial charge in [0.15, 0.2) is 0 Å². The number of carboxylic acids is 2. The molecule has 0 heterocycles. The first-order valence-electron chi connectivity index (χ1n) is 36.7. The number of hydrogen-bond acceptors (Lipinski definition) is 8. The Morgan fingerprint density at radius 1 is 0.516 bits per heavy atom. The molecular weight excluding hydrogens is 1330 g/mol. The number of ether oxygens (including phenoxy) is 2. The summed E-state index contributed by atoms with van der Waals surface area (Å²) >= 11 is 0. The van der Waals surface area contributed by atoms with E-state index in [9.17, 15) is 28.8 Å². The fourth-order valence-corrected chi connectivity index (χ4v) is 21.0. The van der Waals surface area contributed by atoms with Crippen molar-refractivity contribution >= 4 is 35.9 Å². The number of fused-ring (bicyclic) bond motifs is 10. The Labute approximate surface area is 564 Å². The van der Waals surface area contributed by atoms with Crippen LogP contribution in [0, 0.1) is 98.6 Å². The molecule has 16 nitrogen and oxygen atoms in total. The number of rotatable bonds is 24. The average molecular weight is 1450 g/mol. The smallest absolute Gasteiger partial charge is 0.676 e. The minimum absolute atomic E-state index is 0. The largest absolute Gasteiger partial charge is 2.00 e. The van der Waals surface area contributed by atoms with E-state index in [-0.39, 0.29) is 114 Å². The second-order valence-corrected chi connectivity index (χ2v) is 32.4. The molecule has 91 heavy (non-hydrogen) atoms. The zero-order valence-electron chi connectivity index (χ0n) is 58.1. The summed E-state index contributed by atoms with van der Waals surface area (Å²) in [7, 11) is 0. The Balaban J connectivity index is 0.000000255. The molecule has 8 saturated carbocycles. The van der Waals surface area contributed by atoms with E-state index in [1.54, 1.807) is 0 Å². The summed E-state index contributed by atoms with van der Waals surface area (Å²) in [6, 6.07) is -0.160. The minimum atomic E-state index is -0.999. The number of carbonyl (C=O) groups is 6. The fraction of sp³-hybridized carbons (Fsp3) is 0.892. The quantitative estimate of drug-likeness (QED) is 0.0393. The number of alkyl carbamates (subject to hydrolysis) is 2. The molecule has 9 rings (SSSR count). The maximum Gasteiger partial charge on any atom is 2.00 e. The molecule has 522 valence electrons. The molecule has 4 amide bonds. The predicted molar refractivity (Wildman–Crippen MR) is 357 cm³/mol. The van der Waals surface area contributed by atoms with Gasteiger partial charge < -0.3 is 52.4 Å². The van der Waals surface area contributed by atoms with Gasteiger partial charge in [0.25, 0.3) is 0 Å². The first kappa shape index (κ1) is 76.8. The van der Waals surface area contributed by atoms with Crippen LogP contribution in [0.1, 0.15) is 268 Å². The van der Waals surface area contributed by atoms with Gasteiger partial charge in [0, 0.05) is 45.4 Å². The van der Waals surface area contributed by atoms with Crippen molar-refractivity contribution in [2.24, 2.45) is 98.6 Å². The molecule has 9 aliphatic carbocycles. The summed E-state index contributed by atoms with van der Waals surface area (Å²) in [5.74, 6) is 8.00. The monoisotopic (exact) mass is 1450 g/mol. The first-order chi connectivity index (χ1) is 42.7. The van der Waals surface area contributed by atoms with Crippen LogP contribution in [0.25, 0.3) is 11.5 Å². The van der Waals surface area contributed by atoms with E-state index in [2.05, 4.69) is 96.6 Å². The Morgan fingerprint density at radius 2 is 0.967 bits per heavy atom. The van der Waals surface area contributed by atoms with Gasteiger partial charge in [0.2, 0.25) is 11.8 Å². The molecule has 0 bridgehead atoms. The minimum Gasteiger partial charge on any atom is -0.676 e. The van der Waals surface area contributed by atoms with Crippen molar-refractivity contribution < 1.29 is 69.5 Å². The van der Waals surface area contributed by atoms with Crippen LogP contribution in [0.3, 0.4) is 0 Å². The third-order valence-corrected chi connectivity index (χ3v) is 26.0. The van der Waals surface area contributed by atoms with Crippen LogP contribution in [0.4, 0.5) is 9.59 Å². The molecule has 0 radical (unpaired) electrons. The van der Waals surface area contributed by atoms with E-state index in [0.717, 1.165) is 122 Å². The van der Waals surface area contributed by atoms with Crippen molar-refractivity contribution in [3.63, 3.8) is 0 Å². The van der Waals surface area contributed by atoms with Crippen LogP contribution in [0.5, 0.6) is 0 Å². The predicted octanol–water partition coefficient (Wildman–Crippen LogP) is 16.7. The second-order valence-electron chi connectivity index (χ2n) is 32.4. The number of carbonyl (C=O) groups excluding carboxylic acids is 4. The third kappa shape index (κ3) is 20.2. The van der Waals surface area contributed by atoms with Gasteiger partial charge in [-0.3, -0.25) is 19.2 Å². The number of amides is 4. The van der Waals surface area contributed by atoms with E-state index in [1.807, 2.05) is 0 Å². The van der Waals surface area contributed by atoms with Crippen LogP contribution in [0.2, 0.25) is 0 Å². The molecule has 9 unspecified atom stereocenters. The van der Waals surface area contributed by atoms with Crippen LogP contribution < -0.4 is 21.3 Å². The van der Waals surface area contributed by atoms with Crippen molar-refractivity contribution in [3.8, 4) is 0 Å². The van der Waals surface area contributed by atoms with Gasteiger partial charge in [-0.05, 0) is 201 Å². The summed E-state index contributed by atoms with van der Waals surface area (Å²) in [5.41, 5.74) is 17.7. The Kier molecular flexibility index (Phi) is 29.7. The SMILES string of the molecule is CC(C)CCC[C@@H](C)[C@H]1CCC2C3CCC4C[C@@H](OC(=O)NCCNC(=O)CCC(=O)O)CC[C@]4(C)C3CC[C@@]21C.CC(C)CCC[C@H](C)[C@@H]1CCC2C3CC=C4C[C@H](OC(=O)NCCNC(=O)CCC(=O)O)CC[C@@]4(C)C3CC[C@]21C.[NH-]C1CCCCC1[NH-].[Pt+2]. The number of nitrogens with one attached hydrogen (secondary N) is 6. The Bertz CT molecular complexity index is 2380. The molecule has 9 aliphatic rings. The van der Waals surface area contributed by atoms with Crippen LogP contribution in [-0.2, 0) is 49.7 Å². The summed E-state index contributed by atoms with van der Waals surface area (Å²) in [5, 5.41) is 28.1. The first-order valence-corrected chi connectivity index (χ1v) is 36.7. The van der Waals surface area contributed by atoms with Crippen LogP contribution in [0.15, 0.2) is 11.6 Å². The number of carboxylic acid groups (broad SMARTS) is 2. The van der Waals surface area contributed by atoms with Gasteiger partial charge >= 0.3 is 45.2 Å². The molecule has 0 spiro atoms. The maximum absolute atomic E-state index is 12.5. The van der Waals surface area contributed by atoms with Gasteiger partial charge in [-0.2, -0.15) is 12.1 Å². The van der Waals surface area contributed by atoms with Gasteiger partial charge in [0.05, 0.1) is 12.8 Å². The van der Waals surface area contributed by atoms with Crippen LogP contribution >= 0.6 is 0 Å². The van der Waals surface area contributed by atoms with E-state index in [4.69, 9.17) is 31.2 Å². The standard InChI is InChI=1S/C34H58N2O5.C34H56N2O5.C6H12N2.Pt/c2*1-22(2)7-6-8-23(3)27-11-12-28-26-10-9-24-21-25(15-17-33(24,4)29(26)16-18-34(27,28)5)41-32(40)36-20-19-35-30(37)13-14-31(38)39;7-5-3-1-2-4-6(5)8;/h22-29H,6-21H2,1-5H3,(H,35,37)(H,36,40)(H,38,39);9,22-23,25-29H,6-8,10-21H2,1-5H3,(H,35,37)(H,36,40)(H,38,39);5-8H,1-4H2;/q;;-2;+2/t23-,24?,25+,26?,27-,28?,29?,33+,34-;23-,25+,26?,27-,28?,29?,33+,34-;;/m10../s1.